The average Bonchev–Trinajstić information content (AvgIpc) is 2.44. The van der Waals surface area contributed by atoms with Gasteiger partial charge in [0.15, 0.2) is 0 Å². The molecule has 0 fully saturated rings. The van der Waals surface area contributed by atoms with Gasteiger partial charge in [-0.3, -0.25) is 4.21 Å². The van der Waals surface area contributed by atoms with Gasteiger partial charge in [0.05, 0.1) is 16.0 Å². The lowest BCUT2D eigenvalue weighted by molar-refractivity contribution is 0.606. The molecule has 0 saturated heterocycles. The second kappa shape index (κ2) is 4.24. The molecular formula is C11H14ClNOS. The number of hydrogen-bond donors (Lipinski definition) is 1. The van der Waals surface area contributed by atoms with Crippen LogP contribution in [0.25, 0.3) is 0 Å². The molecule has 2 N–H and O–H groups in total. The van der Waals surface area contributed by atoms with E-state index >= 15 is 0 Å². The molecule has 0 saturated carbocycles. The highest BCUT2D eigenvalue weighted by atomic mass is 35.5. The van der Waals surface area contributed by atoms with Gasteiger partial charge in [-0.25, -0.2) is 0 Å². The summed E-state index contributed by atoms with van der Waals surface area (Å²) in [5, 5.41) is 0.724. The monoisotopic (exact) mass is 243 g/mol. The largest absolute Gasteiger partial charge is 0.323 e. The minimum absolute atomic E-state index is 0.0588. The highest BCUT2D eigenvalue weighted by Crippen LogP contribution is 2.38. The van der Waals surface area contributed by atoms with Crippen molar-refractivity contribution in [3.63, 3.8) is 0 Å². The predicted molar refractivity (Wildman–Crippen MR) is 63.5 cm³/mol. The normalized spacial score (nSPS) is 29.1. The Hall–Kier alpha value is -0.380. The quantitative estimate of drug-likeness (QED) is 0.868. The summed E-state index contributed by atoms with van der Waals surface area (Å²) in [5.41, 5.74) is 7.04. The van der Waals surface area contributed by atoms with Gasteiger partial charge in [-0.05, 0) is 30.2 Å². The topological polar surface area (TPSA) is 43.1 Å². The van der Waals surface area contributed by atoms with E-state index in [-0.39, 0.29) is 11.3 Å². The molecule has 1 aromatic carbocycles. The van der Waals surface area contributed by atoms with Crippen molar-refractivity contribution in [3.8, 4) is 0 Å². The first-order chi connectivity index (χ1) is 7.15. The molecular weight excluding hydrogens is 230 g/mol. The highest BCUT2D eigenvalue weighted by Gasteiger charge is 2.35. The van der Waals surface area contributed by atoms with Crippen LogP contribution in [0.15, 0.2) is 23.1 Å². The van der Waals surface area contributed by atoms with Gasteiger partial charge in [0.2, 0.25) is 0 Å². The van der Waals surface area contributed by atoms with Crippen molar-refractivity contribution in [1.82, 2.24) is 0 Å². The maximum atomic E-state index is 12.1. The van der Waals surface area contributed by atoms with Gasteiger partial charge in [0.25, 0.3) is 0 Å². The Balaban J connectivity index is 2.41. The summed E-state index contributed by atoms with van der Waals surface area (Å²) in [4.78, 5) is 0.866. The second-order valence-corrected chi connectivity index (χ2v) is 5.91. The molecule has 0 bridgehead atoms. The van der Waals surface area contributed by atoms with Crippen LogP contribution in [0.5, 0.6) is 0 Å². The van der Waals surface area contributed by atoms with E-state index in [1.54, 1.807) is 6.07 Å². The SMILES string of the molecule is CCCC1C(N)c2cc(Cl)ccc2S1=O. The maximum Gasteiger partial charge on any atom is 0.0587 e. The van der Waals surface area contributed by atoms with Crippen molar-refractivity contribution in [3.05, 3.63) is 28.8 Å². The van der Waals surface area contributed by atoms with Crippen LogP contribution in [0.1, 0.15) is 31.4 Å². The van der Waals surface area contributed by atoms with Crippen molar-refractivity contribution >= 4 is 22.4 Å². The zero-order valence-corrected chi connectivity index (χ0v) is 10.1. The van der Waals surface area contributed by atoms with Crippen LogP contribution in [0.2, 0.25) is 5.02 Å². The first-order valence-electron chi connectivity index (χ1n) is 5.10. The van der Waals surface area contributed by atoms with Gasteiger partial charge in [-0.15, -0.1) is 0 Å². The Morgan fingerprint density at radius 3 is 2.93 bits per heavy atom. The van der Waals surface area contributed by atoms with Crippen molar-refractivity contribution in [2.75, 3.05) is 0 Å². The molecule has 1 aliphatic heterocycles. The third-order valence-electron chi connectivity index (χ3n) is 2.80. The molecule has 82 valence electrons. The summed E-state index contributed by atoms with van der Waals surface area (Å²) in [7, 11) is -0.957. The van der Waals surface area contributed by atoms with Crippen LogP contribution in [-0.4, -0.2) is 9.46 Å². The first kappa shape index (κ1) is 11.1. The van der Waals surface area contributed by atoms with Crippen LogP contribution in [0.3, 0.4) is 0 Å². The number of rotatable bonds is 2. The molecule has 15 heavy (non-hydrogen) atoms. The van der Waals surface area contributed by atoms with E-state index in [1.165, 1.54) is 0 Å². The Morgan fingerprint density at radius 2 is 2.27 bits per heavy atom. The third kappa shape index (κ3) is 1.84. The van der Waals surface area contributed by atoms with Gasteiger partial charge < -0.3 is 5.73 Å². The van der Waals surface area contributed by atoms with Gasteiger partial charge >= 0.3 is 0 Å². The van der Waals surface area contributed by atoms with E-state index in [0.717, 1.165) is 23.3 Å². The summed E-state index contributed by atoms with van der Waals surface area (Å²) in [6.45, 7) is 2.08. The van der Waals surface area contributed by atoms with Crippen molar-refractivity contribution in [2.24, 2.45) is 5.73 Å². The van der Waals surface area contributed by atoms with Crippen LogP contribution >= 0.6 is 11.6 Å². The zero-order chi connectivity index (χ0) is 11.0. The van der Waals surface area contributed by atoms with Crippen LogP contribution in [0.4, 0.5) is 0 Å². The minimum atomic E-state index is -0.957. The zero-order valence-electron chi connectivity index (χ0n) is 8.57. The molecule has 0 spiro atoms. The summed E-state index contributed by atoms with van der Waals surface area (Å²) in [6, 6.07) is 5.33. The van der Waals surface area contributed by atoms with E-state index in [9.17, 15) is 4.21 Å². The molecule has 3 atom stereocenters. The minimum Gasteiger partial charge on any atom is -0.323 e. The van der Waals surface area contributed by atoms with Crippen LogP contribution in [0, 0.1) is 0 Å². The first-order valence-corrected chi connectivity index (χ1v) is 6.70. The fourth-order valence-electron chi connectivity index (χ4n) is 2.03. The molecule has 1 aromatic rings. The lowest BCUT2D eigenvalue weighted by Gasteiger charge is -2.12. The summed E-state index contributed by atoms with van der Waals surface area (Å²) < 4.78 is 12.1. The number of benzene rings is 1. The Labute approximate surface area is 97.3 Å². The summed E-state index contributed by atoms with van der Waals surface area (Å²) >= 11 is 5.91. The van der Waals surface area contributed by atoms with Gasteiger partial charge in [-0.1, -0.05) is 24.9 Å². The lowest BCUT2D eigenvalue weighted by Crippen LogP contribution is -2.23. The molecule has 0 aliphatic carbocycles. The second-order valence-electron chi connectivity index (χ2n) is 3.83. The van der Waals surface area contributed by atoms with Crippen LogP contribution in [-0.2, 0) is 10.8 Å². The van der Waals surface area contributed by atoms with Crippen LogP contribution < -0.4 is 5.73 Å². The predicted octanol–water partition coefficient (Wildman–Crippen LogP) is 2.63. The maximum absolute atomic E-state index is 12.1. The van der Waals surface area contributed by atoms with Gasteiger partial charge in [0.1, 0.15) is 0 Å². The molecule has 2 nitrogen and oxygen atoms in total. The molecule has 1 heterocycles. The fourth-order valence-corrected chi connectivity index (χ4v) is 4.03. The van der Waals surface area contributed by atoms with E-state index < -0.39 is 10.8 Å². The molecule has 3 unspecified atom stereocenters. The molecule has 0 radical (unpaired) electrons. The number of halogens is 1. The smallest absolute Gasteiger partial charge is 0.0587 e. The van der Waals surface area contributed by atoms with Crippen molar-refractivity contribution < 1.29 is 4.21 Å². The standard InChI is InChI=1S/C11H14ClNOS/c1-2-3-10-11(13)8-6-7(12)4-5-9(8)15(10)14/h4-6,10-11H,2-3,13H2,1H3. The Kier molecular flexibility index (Phi) is 3.14. The lowest BCUT2D eigenvalue weighted by atomic mass is 10.0. The number of hydrogen-bond acceptors (Lipinski definition) is 2. The molecule has 0 aromatic heterocycles. The molecule has 0 amide bonds. The molecule has 1 aliphatic rings. The summed E-state index contributed by atoms with van der Waals surface area (Å²) in [5.74, 6) is 0. The molecule has 2 rings (SSSR count). The summed E-state index contributed by atoms with van der Waals surface area (Å²) in [6.07, 6.45) is 1.91. The van der Waals surface area contributed by atoms with Gasteiger partial charge in [0, 0.05) is 16.0 Å². The average molecular weight is 244 g/mol. The highest BCUT2D eigenvalue weighted by molar-refractivity contribution is 7.86. The van der Waals surface area contributed by atoms with E-state index in [4.69, 9.17) is 17.3 Å². The molecule has 4 heteroatoms. The van der Waals surface area contributed by atoms with Crippen molar-refractivity contribution in [1.29, 1.82) is 0 Å². The van der Waals surface area contributed by atoms with E-state index in [0.29, 0.717) is 5.02 Å². The number of nitrogens with two attached hydrogens (primary N) is 1. The Bertz CT molecular complexity index is 408. The fraction of sp³-hybridized carbons (Fsp3) is 0.455. The van der Waals surface area contributed by atoms with Crippen molar-refractivity contribution in [2.45, 2.75) is 36.0 Å². The number of fused-ring (bicyclic) bond motifs is 1. The van der Waals surface area contributed by atoms with Gasteiger partial charge in [-0.2, -0.15) is 0 Å². The van der Waals surface area contributed by atoms with E-state index in [2.05, 4.69) is 6.92 Å². The van der Waals surface area contributed by atoms with E-state index in [1.807, 2.05) is 12.1 Å². The third-order valence-corrected chi connectivity index (χ3v) is 4.92. The Morgan fingerprint density at radius 1 is 1.53 bits per heavy atom.